The van der Waals surface area contributed by atoms with E-state index in [1.807, 2.05) is 48.5 Å². The van der Waals surface area contributed by atoms with Crippen molar-refractivity contribution in [2.45, 2.75) is 166 Å². The minimum Gasteiger partial charge on any atom is -0.469 e. The zero-order chi connectivity index (χ0) is 44.4. The molecule has 11 heteroatoms. The van der Waals surface area contributed by atoms with Gasteiger partial charge in [0.25, 0.3) is 0 Å². The molecule has 0 saturated heterocycles. The van der Waals surface area contributed by atoms with Gasteiger partial charge in [-0.2, -0.15) is 0 Å². The minimum atomic E-state index is -1.69. The summed E-state index contributed by atoms with van der Waals surface area (Å²) in [6.45, 7) is 27.5. The third-order valence-corrected chi connectivity index (χ3v) is 12.3. The van der Waals surface area contributed by atoms with Crippen LogP contribution in [0.25, 0.3) is 0 Å². The summed E-state index contributed by atoms with van der Waals surface area (Å²) in [4.78, 5) is 72.1. The molecule has 7 unspecified atom stereocenters. The van der Waals surface area contributed by atoms with E-state index >= 15 is 0 Å². The number of Topliss-reactive ketones (excluding diaryl/α,β-unsaturated/α-hetero) is 3. The molecule has 0 spiro atoms. The van der Waals surface area contributed by atoms with Crippen molar-refractivity contribution in [1.82, 2.24) is 0 Å². The van der Waals surface area contributed by atoms with Gasteiger partial charge in [-0.3, -0.25) is 28.8 Å². The Labute approximate surface area is 337 Å². The van der Waals surface area contributed by atoms with Gasteiger partial charge < -0.3 is 24.8 Å². The normalized spacial score (nSPS) is 29.9. The van der Waals surface area contributed by atoms with Gasteiger partial charge >= 0.3 is 11.9 Å². The van der Waals surface area contributed by atoms with E-state index in [-0.39, 0.29) is 53.5 Å². The molecule has 0 aliphatic heterocycles. The quantitative estimate of drug-likeness (QED) is 0.133. The molecule has 56 heavy (non-hydrogen) atoms. The molecule has 0 aromatic rings. The van der Waals surface area contributed by atoms with Crippen LogP contribution in [0.1, 0.15) is 149 Å². The highest BCUT2D eigenvalue weighted by molar-refractivity contribution is 5.97. The topological polar surface area (TPSA) is 182 Å². The van der Waals surface area contributed by atoms with Crippen LogP contribution in [0, 0.1) is 45.3 Å². The molecule has 3 saturated carbocycles. The summed E-state index contributed by atoms with van der Waals surface area (Å²) in [7, 11) is 2.35. The molecule has 0 amide bonds. The Kier molecular flexibility index (Phi) is 19.5. The van der Waals surface area contributed by atoms with Crippen molar-refractivity contribution in [3.63, 3.8) is 0 Å². The van der Waals surface area contributed by atoms with Crippen molar-refractivity contribution in [2.75, 3.05) is 14.2 Å². The van der Waals surface area contributed by atoms with Gasteiger partial charge in [0.05, 0.1) is 7.11 Å². The first-order chi connectivity index (χ1) is 25.5. The van der Waals surface area contributed by atoms with Crippen molar-refractivity contribution in [3.05, 3.63) is 23.8 Å². The van der Waals surface area contributed by atoms with E-state index in [4.69, 9.17) is 9.84 Å². The van der Waals surface area contributed by atoms with Crippen molar-refractivity contribution < 1.29 is 53.6 Å². The predicted octanol–water partition coefficient (Wildman–Crippen LogP) is 7.35. The number of aliphatic hydroxyl groups is 3. The highest BCUT2D eigenvalue weighted by Crippen LogP contribution is 2.68. The van der Waals surface area contributed by atoms with E-state index in [2.05, 4.69) is 31.6 Å². The maximum atomic E-state index is 14.1. The fraction of sp³-hybridized carbons (Fsp3) is 0.778. The lowest BCUT2D eigenvalue weighted by molar-refractivity contribution is -0.166. The Morgan fingerprint density at radius 3 is 1.86 bits per heavy atom. The Bertz CT molecular complexity index is 1460. The minimum absolute atomic E-state index is 0.00399. The number of allylic oxidation sites excluding steroid dienone is 1. The van der Waals surface area contributed by atoms with E-state index in [0.29, 0.717) is 31.5 Å². The number of ether oxygens (including phenoxy) is 2. The number of carbonyl (C=O) groups is 6. The maximum Gasteiger partial charge on any atom is 0.303 e. The number of rotatable bonds is 7. The lowest BCUT2D eigenvalue weighted by atomic mass is 9.42. The van der Waals surface area contributed by atoms with Gasteiger partial charge in [0.15, 0.2) is 11.6 Å². The SMILES string of the molecule is CC.CC(=O)OC(C)(C)/C=C/C(=O)[C@](C)(O)C1CCC2C3CC=C4C(CC(=O)C(O)C4(C)C)C3(C)C(=O)CC21C.CCC(=O)CC(C)(C)C.CO.COC(C)=O. The summed E-state index contributed by atoms with van der Waals surface area (Å²) in [5.41, 5.74) is -3.50. The molecule has 3 N–H and O–H groups in total. The average molecular weight is 793 g/mol. The number of methoxy groups -OCH3 is 1. The third kappa shape index (κ3) is 12.2. The van der Waals surface area contributed by atoms with E-state index in [1.165, 1.54) is 40.0 Å². The van der Waals surface area contributed by atoms with E-state index in [0.717, 1.165) is 19.1 Å². The van der Waals surface area contributed by atoms with Crippen LogP contribution in [0.15, 0.2) is 23.8 Å². The first-order valence-electron chi connectivity index (χ1n) is 20.1. The average Bonchev–Trinajstić information content (AvgIpc) is 3.44. The van der Waals surface area contributed by atoms with Gasteiger partial charge in [-0.05, 0) is 80.8 Å². The molecule has 4 rings (SSSR count). The van der Waals surface area contributed by atoms with Gasteiger partial charge in [-0.25, -0.2) is 0 Å². The summed E-state index contributed by atoms with van der Waals surface area (Å²) < 4.78 is 9.35. The molecule has 0 radical (unpaired) electrons. The second-order valence-electron chi connectivity index (χ2n) is 18.3. The summed E-state index contributed by atoms with van der Waals surface area (Å²) in [5, 5.41) is 29.3. The Balaban J connectivity index is 0.00000141. The first-order valence-corrected chi connectivity index (χ1v) is 20.1. The van der Waals surface area contributed by atoms with Gasteiger partial charge in [-0.1, -0.05) is 80.9 Å². The molecule has 11 nitrogen and oxygen atoms in total. The zero-order valence-electron chi connectivity index (χ0n) is 37.7. The molecule has 0 bridgehead atoms. The van der Waals surface area contributed by atoms with Gasteiger partial charge in [0.2, 0.25) is 0 Å². The van der Waals surface area contributed by atoms with E-state index in [1.54, 1.807) is 13.8 Å². The molecule has 4 aliphatic carbocycles. The number of fused-ring (bicyclic) bond motifs is 5. The fourth-order valence-electron chi connectivity index (χ4n) is 9.49. The second kappa shape index (κ2) is 20.6. The molecular weight excluding hydrogens is 716 g/mol. The number of ketones is 4. The van der Waals surface area contributed by atoms with Crippen LogP contribution in [0.4, 0.5) is 0 Å². The van der Waals surface area contributed by atoms with Crippen LogP contribution in [0.3, 0.4) is 0 Å². The smallest absolute Gasteiger partial charge is 0.303 e. The van der Waals surface area contributed by atoms with Crippen LogP contribution in [0.2, 0.25) is 0 Å². The number of aliphatic hydroxyl groups excluding tert-OH is 2. The molecule has 0 aromatic carbocycles. The van der Waals surface area contributed by atoms with E-state index in [9.17, 15) is 39.0 Å². The molecule has 8 atom stereocenters. The number of hydrogen-bond donors (Lipinski definition) is 3. The molecule has 0 heterocycles. The first kappa shape index (κ1) is 53.0. The molecule has 322 valence electrons. The largest absolute Gasteiger partial charge is 0.469 e. The monoisotopic (exact) mass is 793 g/mol. The number of hydrogen-bond acceptors (Lipinski definition) is 11. The summed E-state index contributed by atoms with van der Waals surface area (Å²) in [6, 6.07) is 0. The highest BCUT2D eigenvalue weighted by atomic mass is 16.6. The number of carbonyl (C=O) groups excluding carboxylic acids is 6. The lowest BCUT2D eigenvalue weighted by Crippen LogP contribution is -2.62. The third-order valence-electron chi connectivity index (χ3n) is 12.3. The lowest BCUT2D eigenvalue weighted by Gasteiger charge is -2.60. The second-order valence-corrected chi connectivity index (χ2v) is 18.3. The standard InChI is InChI=1S/C31H44O7.C8H16O.C3H6O2.C2H6.CH4O/c1-17(32)38-27(2,3)14-13-24(34)31(8,37)23-12-11-19-20-10-9-18-21(15-22(33)26(36)28(18,4)5)30(20,7)25(35)16-29(19,23)6;1-5-7(9)6-8(2,3)4;1-3(4)5-2;2*1-2/h9,13-14,19-21,23,26,36-37H,10-12,15-16H2,1-8H3;5-6H2,1-4H3;1-2H3;1-2H3;2H,1H3/b14-13+;;;;/t19?,20?,21?,23?,26?,29?,30?,31-;;;;/m1..../s1. The van der Waals surface area contributed by atoms with Crippen LogP contribution in [-0.2, 0) is 38.2 Å². The van der Waals surface area contributed by atoms with Crippen molar-refractivity contribution in [3.8, 4) is 0 Å². The van der Waals surface area contributed by atoms with E-state index < -0.39 is 51.2 Å². The molecule has 4 aliphatic rings. The van der Waals surface area contributed by atoms with Gasteiger partial charge in [0, 0.05) is 63.4 Å². The van der Waals surface area contributed by atoms with Crippen molar-refractivity contribution in [2.24, 2.45) is 45.3 Å². The molecule has 3 fully saturated rings. The van der Waals surface area contributed by atoms with Crippen LogP contribution < -0.4 is 0 Å². The van der Waals surface area contributed by atoms with Gasteiger partial charge in [-0.15, -0.1) is 0 Å². The van der Waals surface area contributed by atoms with Crippen molar-refractivity contribution >= 4 is 35.1 Å². The highest BCUT2D eigenvalue weighted by Gasteiger charge is 2.68. The maximum absolute atomic E-state index is 14.1. The van der Waals surface area contributed by atoms with Gasteiger partial charge in [0.1, 0.15) is 28.9 Å². The zero-order valence-corrected chi connectivity index (χ0v) is 37.7. The molecule has 0 aromatic heterocycles. The summed E-state index contributed by atoms with van der Waals surface area (Å²) >= 11 is 0. The fourth-order valence-corrected chi connectivity index (χ4v) is 9.49. The predicted molar refractivity (Wildman–Crippen MR) is 218 cm³/mol. The Hall–Kier alpha value is -3.02. The Morgan fingerprint density at radius 2 is 1.43 bits per heavy atom. The van der Waals surface area contributed by atoms with Crippen LogP contribution >= 0.6 is 0 Å². The van der Waals surface area contributed by atoms with Crippen molar-refractivity contribution in [1.29, 1.82) is 0 Å². The Morgan fingerprint density at radius 1 is 0.911 bits per heavy atom. The molecular formula is C45H76O11. The summed E-state index contributed by atoms with van der Waals surface area (Å²) in [5.74, 6) is -1.49. The van der Waals surface area contributed by atoms with Crippen LogP contribution in [0.5, 0.6) is 0 Å². The number of esters is 2. The summed E-state index contributed by atoms with van der Waals surface area (Å²) in [6.07, 6.45) is 7.76. The van der Waals surface area contributed by atoms with Crippen LogP contribution in [-0.4, -0.2) is 81.9 Å².